The number of hydrogen-bond acceptors (Lipinski definition) is 6. The van der Waals surface area contributed by atoms with Crippen LogP contribution in [0.15, 0.2) is 103 Å². The zero-order chi connectivity index (χ0) is 30.5. The number of Topliss-reactive ketones (excluding diaryl/α,β-unsaturated/α-hetero) is 1. The number of aliphatic hydroxyl groups is 1. The molecule has 220 valence electrons. The number of para-hydroxylation sites is 1. The van der Waals surface area contributed by atoms with Crippen LogP contribution in [0.3, 0.4) is 0 Å². The number of carbonyl (C=O) groups is 2. The Bertz CT molecular complexity index is 1640. The van der Waals surface area contributed by atoms with E-state index in [2.05, 4.69) is 0 Å². The third-order valence-electron chi connectivity index (χ3n) is 7.33. The summed E-state index contributed by atoms with van der Waals surface area (Å²) in [7, 11) is 1.56. The Balaban J connectivity index is 1.53. The maximum atomic E-state index is 13.6. The minimum Gasteiger partial charge on any atom is -0.507 e. The maximum absolute atomic E-state index is 13.6. The van der Waals surface area contributed by atoms with Gasteiger partial charge in [-0.1, -0.05) is 60.7 Å². The molecule has 1 amide bonds. The van der Waals surface area contributed by atoms with Gasteiger partial charge in [-0.2, -0.15) is 0 Å². The second-order valence-electron chi connectivity index (χ2n) is 10.7. The zero-order valence-corrected chi connectivity index (χ0v) is 24.7. The second-order valence-corrected chi connectivity index (χ2v) is 10.7. The largest absolute Gasteiger partial charge is 0.507 e. The van der Waals surface area contributed by atoms with Crippen LogP contribution in [-0.2, 0) is 22.7 Å². The van der Waals surface area contributed by atoms with Crippen LogP contribution < -0.4 is 14.2 Å². The fourth-order valence-corrected chi connectivity index (χ4v) is 5.26. The minimum atomic E-state index is -0.827. The molecule has 1 aliphatic rings. The fraction of sp³-hybridized carbons (Fsp3) is 0.222. The van der Waals surface area contributed by atoms with E-state index in [9.17, 15) is 14.7 Å². The lowest BCUT2D eigenvalue weighted by Gasteiger charge is -2.26. The molecule has 1 saturated heterocycles. The Morgan fingerprint density at radius 3 is 2.26 bits per heavy atom. The van der Waals surface area contributed by atoms with Gasteiger partial charge in [0.1, 0.15) is 29.6 Å². The van der Waals surface area contributed by atoms with Gasteiger partial charge in [-0.3, -0.25) is 9.59 Å². The second kappa shape index (κ2) is 12.9. The Hall–Kier alpha value is -5.04. The first kappa shape index (κ1) is 29.5. The van der Waals surface area contributed by atoms with Crippen molar-refractivity contribution >= 4 is 17.4 Å². The highest BCUT2D eigenvalue weighted by atomic mass is 16.5. The quantitative estimate of drug-likeness (QED) is 0.124. The van der Waals surface area contributed by atoms with Gasteiger partial charge in [-0.05, 0) is 73.9 Å². The van der Waals surface area contributed by atoms with Crippen molar-refractivity contribution in [3.63, 3.8) is 0 Å². The number of hydrogen-bond donors (Lipinski definition) is 1. The van der Waals surface area contributed by atoms with Gasteiger partial charge >= 0.3 is 0 Å². The van der Waals surface area contributed by atoms with Crippen molar-refractivity contribution in [1.29, 1.82) is 0 Å². The molecule has 1 atom stereocenters. The van der Waals surface area contributed by atoms with Crippen LogP contribution >= 0.6 is 0 Å². The summed E-state index contributed by atoms with van der Waals surface area (Å²) < 4.78 is 17.3. The van der Waals surface area contributed by atoms with Gasteiger partial charge in [-0.15, -0.1) is 0 Å². The summed E-state index contributed by atoms with van der Waals surface area (Å²) >= 11 is 0. The summed E-state index contributed by atoms with van der Waals surface area (Å²) in [5, 5.41) is 11.6. The van der Waals surface area contributed by atoms with E-state index in [0.717, 1.165) is 16.7 Å². The van der Waals surface area contributed by atoms with Gasteiger partial charge in [0, 0.05) is 11.1 Å². The molecule has 5 rings (SSSR count). The van der Waals surface area contributed by atoms with Crippen molar-refractivity contribution in [2.75, 3.05) is 7.11 Å². The van der Waals surface area contributed by atoms with Gasteiger partial charge in [0.25, 0.3) is 11.7 Å². The van der Waals surface area contributed by atoms with E-state index in [1.54, 1.807) is 25.3 Å². The van der Waals surface area contributed by atoms with E-state index >= 15 is 0 Å². The van der Waals surface area contributed by atoms with E-state index in [1.165, 1.54) is 4.90 Å². The molecule has 0 aliphatic carbocycles. The number of ether oxygens (including phenoxy) is 3. The van der Waals surface area contributed by atoms with Gasteiger partial charge in [0.05, 0.1) is 31.4 Å². The topological polar surface area (TPSA) is 85.3 Å². The normalized spacial score (nSPS) is 16.0. The standard InChI is InChI=1S/C36H35NO6/c1-23(2)43-29-17-14-26(15-18-29)33-32(35(39)36(40)37(33)21-28-12-8-9-13-31(28)41-4)34(38)27-16-19-30(24(3)20-27)42-22-25-10-6-5-7-11-25/h5-20,23,33,38H,21-22H2,1-4H3/b34-32-. The molecule has 1 heterocycles. The van der Waals surface area contributed by atoms with Crippen molar-refractivity contribution in [3.8, 4) is 17.2 Å². The summed E-state index contributed by atoms with van der Waals surface area (Å²) in [6, 6.07) is 28.9. The van der Waals surface area contributed by atoms with Crippen LogP contribution in [-0.4, -0.2) is 34.9 Å². The van der Waals surface area contributed by atoms with Crippen molar-refractivity contribution in [2.24, 2.45) is 0 Å². The molecule has 1 N–H and O–H groups in total. The molecule has 4 aromatic carbocycles. The smallest absolute Gasteiger partial charge is 0.295 e. The number of ketones is 1. The summed E-state index contributed by atoms with van der Waals surface area (Å²) in [5.41, 5.74) is 3.68. The van der Waals surface area contributed by atoms with Crippen LogP contribution in [0.4, 0.5) is 0 Å². The highest BCUT2D eigenvalue weighted by Crippen LogP contribution is 2.42. The summed E-state index contributed by atoms with van der Waals surface area (Å²) in [5.74, 6) is 0.245. The highest BCUT2D eigenvalue weighted by Gasteiger charge is 2.46. The summed E-state index contributed by atoms with van der Waals surface area (Å²) in [6.45, 7) is 6.28. The number of benzene rings is 4. The SMILES string of the molecule is COc1ccccc1CN1C(=O)C(=O)/C(=C(\O)c2ccc(OCc3ccccc3)c(C)c2)C1c1ccc(OC(C)C)cc1. The van der Waals surface area contributed by atoms with Crippen LogP contribution in [0.25, 0.3) is 5.76 Å². The number of rotatable bonds is 10. The molecule has 7 heteroatoms. The Kier molecular flexibility index (Phi) is 8.81. The molecule has 1 aliphatic heterocycles. The van der Waals surface area contributed by atoms with Crippen LogP contribution in [0.2, 0.25) is 0 Å². The Labute approximate surface area is 252 Å². The van der Waals surface area contributed by atoms with Gasteiger partial charge in [-0.25, -0.2) is 0 Å². The first-order valence-corrected chi connectivity index (χ1v) is 14.2. The monoisotopic (exact) mass is 577 g/mol. The van der Waals surface area contributed by atoms with Crippen molar-refractivity contribution in [1.82, 2.24) is 4.90 Å². The minimum absolute atomic E-state index is 0.00934. The molecule has 0 bridgehead atoms. The Morgan fingerprint density at radius 2 is 1.58 bits per heavy atom. The van der Waals surface area contributed by atoms with E-state index in [4.69, 9.17) is 14.2 Å². The summed E-state index contributed by atoms with van der Waals surface area (Å²) in [4.78, 5) is 28.6. The lowest BCUT2D eigenvalue weighted by atomic mass is 9.94. The fourth-order valence-electron chi connectivity index (χ4n) is 5.26. The van der Waals surface area contributed by atoms with E-state index in [-0.39, 0.29) is 24.0 Å². The molecule has 0 saturated carbocycles. The number of aryl methyl sites for hydroxylation is 1. The molecule has 0 radical (unpaired) electrons. The number of aliphatic hydroxyl groups excluding tert-OH is 1. The Morgan fingerprint density at radius 1 is 0.884 bits per heavy atom. The number of methoxy groups -OCH3 is 1. The molecule has 0 aromatic heterocycles. The first-order valence-electron chi connectivity index (χ1n) is 14.2. The molecule has 7 nitrogen and oxygen atoms in total. The van der Waals surface area contributed by atoms with Crippen molar-refractivity contribution in [3.05, 3.63) is 130 Å². The van der Waals surface area contributed by atoms with E-state index in [1.807, 2.05) is 99.6 Å². The molecular weight excluding hydrogens is 542 g/mol. The van der Waals surface area contributed by atoms with Gasteiger partial charge in [0.2, 0.25) is 0 Å². The van der Waals surface area contributed by atoms with Crippen LogP contribution in [0.1, 0.15) is 47.7 Å². The first-order chi connectivity index (χ1) is 20.8. The van der Waals surface area contributed by atoms with E-state index < -0.39 is 17.7 Å². The number of nitrogens with zero attached hydrogens (tertiary/aromatic N) is 1. The summed E-state index contributed by atoms with van der Waals surface area (Å²) in [6.07, 6.45) is -0.00934. The average Bonchev–Trinajstić information content (AvgIpc) is 3.26. The lowest BCUT2D eigenvalue weighted by molar-refractivity contribution is -0.140. The van der Waals surface area contributed by atoms with Crippen LogP contribution in [0.5, 0.6) is 17.2 Å². The lowest BCUT2D eigenvalue weighted by Crippen LogP contribution is -2.29. The van der Waals surface area contributed by atoms with Crippen molar-refractivity contribution < 1.29 is 28.9 Å². The molecule has 1 fully saturated rings. The third-order valence-corrected chi connectivity index (χ3v) is 7.33. The molecule has 1 unspecified atom stereocenters. The molecule has 0 spiro atoms. The van der Waals surface area contributed by atoms with Crippen LogP contribution in [0, 0.1) is 6.92 Å². The predicted molar refractivity (Wildman–Crippen MR) is 165 cm³/mol. The predicted octanol–water partition coefficient (Wildman–Crippen LogP) is 6.99. The average molecular weight is 578 g/mol. The molecule has 4 aromatic rings. The number of carbonyl (C=O) groups excluding carboxylic acids is 2. The maximum Gasteiger partial charge on any atom is 0.295 e. The van der Waals surface area contributed by atoms with Crippen molar-refractivity contribution in [2.45, 2.75) is 46.1 Å². The van der Waals surface area contributed by atoms with E-state index in [0.29, 0.717) is 35.0 Å². The third kappa shape index (κ3) is 6.41. The highest BCUT2D eigenvalue weighted by molar-refractivity contribution is 6.46. The zero-order valence-electron chi connectivity index (χ0n) is 24.7. The molecule has 43 heavy (non-hydrogen) atoms. The molecular formula is C36H35NO6. The number of amides is 1. The van der Waals surface area contributed by atoms with Gasteiger partial charge < -0.3 is 24.2 Å². The van der Waals surface area contributed by atoms with Gasteiger partial charge in [0.15, 0.2) is 0 Å². The number of likely N-dealkylation sites (tertiary alicyclic amines) is 1.